The number of aliphatic hydroxyl groups excluding tert-OH is 1. The summed E-state index contributed by atoms with van der Waals surface area (Å²) in [5, 5.41) is 9.40. The molecule has 4 heteroatoms. The Labute approximate surface area is 98.1 Å². The summed E-state index contributed by atoms with van der Waals surface area (Å²) in [6.45, 7) is 1.74. The largest absolute Gasteiger partial charge is 0.496 e. The van der Waals surface area contributed by atoms with E-state index in [1.165, 1.54) is 0 Å². The van der Waals surface area contributed by atoms with Gasteiger partial charge < -0.3 is 14.6 Å². The number of ether oxygens (including phenoxy) is 2. The number of methoxy groups -OCH3 is 2. The molecule has 1 atom stereocenters. The lowest BCUT2D eigenvalue weighted by atomic mass is 10.1. The molecule has 1 unspecified atom stereocenters. The molecule has 0 aromatic heterocycles. The zero-order valence-electron chi connectivity index (χ0n) is 9.08. The van der Waals surface area contributed by atoms with Gasteiger partial charge >= 0.3 is 0 Å². The van der Waals surface area contributed by atoms with Crippen molar-refractivity contribution in [2.45, 2.75) is 19.4 Å². The quantitative estimate of drug-likeness (QED) is 0.917. The highest BCUT2D eigenvalue weighted by Gasteiger charge is 2.14. The Hall–Kier alpha value is -0.740. The molecule has 0 radical (unpaired) electrons. The zero-order valence-corrected chi connectivity index (χ0v) is 10.7. The van der Waals surface area contributed by atoms with E-state index in [1.807, 2.05) is 12.1 Å². The van der Waals surface area contributed by atoms with E-state index >= 15 is 0 Å². The van der Waals surface area contributed by atoms with Gasteiger partial charge in [0, 0.05) is 12.0 Å². The van der Waals surface area contributed by atoms with E-state index in [9.17, 15) is 5.11 Å². The number of hydrogen-bond acceptors (Lipinski definition) is 3. The Morgan fingerprint density at radius 3 is 2.27 bits per heavy atom. The summed E-state index contributed by atoms with van der Waals surface area (Å²) in [5.41, 5.74) is 0.923. The van der Waals surface area contributed by atoms with E-state index in [1.54, 1.807) is 21.1 Å². The van der Waals surface area contributed by atoms with Gasteiger partial charge in [-0.05, 0) is 35.0 Å². The van der Waals surface area contributed by atoms with Crippen LogP contribution in [0.15, 0.2) is 16.6 Å². The first kappa shape index (κ1) is 12.3. The van der Waals surface area contributed by atoms with Gasteiger partial charge in [-0.1, -0.05) is 0 Å². The maximum absolute atomic E-state index is 9.40. The van der Waals surface area contributed by atoms with Crippen LogP contribution in [0, 0.1) is 0 Å². The molecule has 0 spiro atoms. The van der Waals surface area contributed by atoms with E-state index in [-0.39, 0.29) is 0 Å². The summed E-state index contributed by atoms with van der Waals surface area (Å²) >= 11 is 3.45. The predicted octanol–water partition coefficient (Wildman–Crippen LogP) is 2.39. The second kappa shape index (κ2) is 5.37. The molecule has 0 bridgehead atoms. The van der Waals surface area contributed by atoms with E-state index in [2.05, 4.69) is 15.9 Å². The zero-order chi connectivity index (χ0) is 11.4. The number of rotatable bonds is 4. The van der Waals surface area contributed by atoms with Crippen molar-refractivity contribution in [1.29, 1.82) is 0 Å². The molecule has 0 aliphatic carbocycles. The van der Waals surface area contributed by atoms with E-state index in [0.717, 1.165) is 21.5 Å². The first-order valence-electron chi connectivity index (χ1n) is 4.67. The highest BCUT2D eigenvalue weighted by Crippen LogP contribution is 2.35. The molecule has 1 aromatic rings. The van der Waals surface area contributed by atoms with Crippen LogP contribution in [0.25, 0.3) is 0 Å². The average Bonchev–Trinajstić information content (AvgIpc) is 2.20. The van der Waals surface area contributed by atoms with Crippen LogP contribution in [-0.2, 0) is 6.42 Å². The van der Waals surface area contributed by atoms with Gasteiger partial charge in [0.1, 0.15) is 11.5 Å². The van der Waals surface area contributed by atoms with E-state index < -0.39 is 6.10 Å². The van der Waals surface area contributed by atoms with Crippen LogP contribution in [-0.4, -0.2) is 25.4 Å². The van der Waals surface area contributed by atoms with Gasteiger partial charge in [-0.15, -0.1) is 0 Å². The van der Waals surface area contributed by atoms with Crippen LogP contribution in [0.2, 0.25) is 0 Å². The van der Waals surface area contributed by atoms with Crippen molar-refractivity contribution >= 4 is 15.9 Å². The molecule has 3 nitrogen and oxygen atoms in total. The molecular weight excluding hydrogens is 260 g/mol. The minimum Gasteiger partial charge on any atom is -0.496 e. The standard InChI is InChI=1S/C11H15BrO3/c1-7(13)6-8-9(14-2)4-5-10(15-3)11(8)12/h4-5,7,13H,6H2,1-3H3. The molecule has 0 fully saturated rings. The van der Waals surface area contributed by atoms with Crippen molar-refractivity contribution in [2.24, 2.45) is 0 Å². The lowest BCUT2D eigenvalue weighted by molar-refractivity contribution is 0.194. The fourth-order valence-corrected chi connectivity index (χ4v) is 2.07. The third kappa shape index (κ3) is 2.86. The number of benzene rings is 1. The van der Waals surface area contributed by atoms with Crippen LogP contribution in [0.4, 0.5) is 0 Å². The molecule has 1 N–H and O–H groups in total. The van der Waals surface area contributed by atoms with Crippen LogP contribution < -0.4 is 9.47 Å². The van der Waals surface area contributed by atoms with Crippen LogP contribution in [0.5, 0.6) is 11.5 Å². The van der Waals surface area contributed by atoms with E-state index in [4.69, 9.17) is 9.47 Å². The second-order valence-corrected chi connectivity index (χ2v) is 4.11. The van der Waals surface area contributed by atoms with Crippen molar-refractivity contribution in [3.63, 3.8) is 0 Å². The smallest absolute Gasteiger partial charge is 0.133 e. The normalized spacial score (nSPS) is 12.3. The molecule has 84 valence electrons. The predicted molar refractivity (Wildman–Crippen MR) is 62.6 cm³/mol. The van der Waals surface area contributed by atoms with Crippen LogP contribution in [0.1, 0.15) is 12.5 Å². The van der Waals surface area contributed by atoms with E-state index in [0.29, 0.717) is 6.42 Å². The molecule has 1 aromatic carbocycles. The molecule has 1 rings (SSSR count). The fourth-order valence-electron chi connectivity index (χ4n) is 1.42. The Balaban J connectivity index is 3.16. The molecule has 15 heavy (non-hydrogen) atoms. The lowest BCUT2D eigenvalue weighted by Gasteiger charge is -2.14. The fraction of sp³-hybridized carbons (Fsp3) is 0.455. The van der Waals surface area contributed by atoms with Crippen molar-refractivity contribution in [2.75, 3.05) is 14.2 Å². The number of halogens is 1. The summed E-state index contributed by atoms with van der Waals surface area (Å²) in [6.07, 6.45) is 0.114. The Bertz CT molecular complexity index is 337. The first-order chi connectivity index (χ1) is 7.10. The van der Waals surface area contributed by atoms with Gasteiger partial charge in [0.25, 0.3) is 0 Å². The van der Waals surface area contributed by atoms with Gasteiger partial charge in [0.2, 0.25) is 0 Å². The molecule has 0 heterocycles. The summed E-state index contributed by atoms with van der Waals surface area (Å²) in [5.74, 6) is 1.50. The SMILES string of the molecule is COc1ccc(OC)c(CC(C)O)c1Br. The Kier molecular flexibility index (Phi) is 4.42. The average molecular weight is 275 g/mol. The number of aliphatic hydroxyl groups is 1. The van der Waals surface area contributed by atoms with Crippen molar-refractivity contribution in [1.82, 2.24) is 0 Å². The first-order valence-corrected chi connectivity index (χ1v) is 5.46. The van der Waals surface area contributed by atoms with Gasteiger partial charge in [0.05, 0.1) is 24.8 Å². The summed E-state index contributed by atoms with van der Waals surface area (Å²) < 4.78 is 11.3. The third-order valence-electron chi connectivity index (χ3n) is 2.10. The van der Waals surface area contributed by atoms with Gasteiger partial charge in [-0.25, -0.2) is 0 Å². The van der Waals surface area contributed by atoms with Crippen molar-refractivity contribution in [3.8, 4) is 11.5 Å². The minimum absolute atomic E-state index is 0.415. The third-order valence-corrected chi connectivity index (χ3v) is 2.97. The van der Waals surface area contributed by atoms with Crippen LogP contribution in [0.3, 0.4) is 0 Å². The highest BCUT2D eigenvalue weighted by molar-refractivity contribution is 9.10. The second-order valence-electron chi connectivity index (χ2n) is 3.32. The molecule has 0 saturated heterocycles. The van der Waals surface area contributed by atoms with Gasteiger partial charge in [-0.3, -0.25) is 0 Å². The Morgan fingerprint density at radius 1 is 1.27 bits per heavy atom. The number of hydrogen-bond donors (Lipinski definition) is 1. The maximum Gasteiger partial charge on any atom is 0.133 e. The van der Waals surface area contributed by atoms with Crippen LogP contribution >= 0.6 is 15.9 Å². The molecule has 0 aliphatic rings. The summed E-state index contributed by atoms with van der Waals surface area (Å²) in [4.78, 5) is 0. The highest BCUT2D eigenvalue weighted by atomic mass is 79.9. The summed E-state index contributed by atoms with van der Waals surface area (Å²) in [7, 11) is 3.22. The van der Waals surface area contributed by atoms with Crippen molar-refractivity contribution < 1.29 is 14.6 Å². The minimum atomic E-state index is -0.415. The monoisotopic (exact) mass is 274 g/mol. The Morgan fingerprint density at radius 2 is 1.80 bits per heavy atom. The van der Waals surface area contributed by atoms with Crippen molar-refractivity contribution in [3.05, 3.63) is 22.2 Å². The van der Waals surface area contributed by atoms with Gasteiger partial charge in [-0.2, -0.15) is 0 Å². The molecule has 0 amide bonds. The molecular formula is C11H15BrO3. The maximum atomic E-state index is 9.40. The topological polar surface area (TPSA) is 38.7 Å². The lowest BCUT2D eigenvalue weighted by Crippen LogP contribution is -2.07. The molecule has 0 saturated carbocycles. The van der Waals surface area contributed by atoms with Gasteiger partial charge in [0.15, 0.2) is 0 Å². The summed E-state index contributed by atoms with van der Waals surface area (Å²) in [6, 6.07) is 3.66. The molecule has 0 aliphatic heterocycles.